The molecular formula is C21H13F6N5O2. The van der Waals surface area contributed by atoms with Crippen LogP contribution in [0.25, 0.3) is 11.3 Å². The molecule has 1 amide bonds. The third-order valence-electron chi connectivity index (χ3n) is 4.67. The summed E-state index contributed by atoms with van der Waals surface area (Å²) in [6.45, 7) is -0.473. The van der Waals surface area contributed by atoms with Gasteiger partial charge in [0.1, 0.15) is 0 Å². The fourth-order valence-electron chi connectivity index (χ4n) is 3.07. The van der Waals surface area contributed by atoms with Gasteiger partial charge in [-0.05, 0) is 29.8 Å². The molecule has 13 heteroatoms. The van der Waals surface area contributed by atoms with Crippen LogP contribution in [0.15, 0.2) is 65.7 Å². The highest BCUT2D eigenvalue weighted by molar-refractivity contribution is 6.03. The number of halogens is 6. The molecule has 0 bridgehead atoms. The second-order valence-electron chi connectivity index (χ2n) is 7.06. The van der Waals surface area contributed by atoms with Crippen molar-refractivity contribution in [3.8, 4) is 11.3 Å². The summed E-state index contributed by atoms with van der Waals surface area (Å²) in [7, 11) is 0. The highest BCUT2D eigenvalue weighted by Gasteiger charge is 2.38. The van der Waals surface area contributed by atoms with Crippen molar-refractivity contribution in [1.82, 2.24) is 19.9 Å². The summed E-state index contributed by atoms with van der Waals surface area (Å²) in [5, 5.41) is 10.0. The standard InChI is InChI=1S/C21H13F6N5O2/c22-20(23,24)14-2-1-13(16(7-14)21(25,26)27)10-32-11-15(9-29-32)30-19(33)17-8-18(34-31-17)12-3-5-28-6-4-12/h1-9,11H,10H2,(H,30,33). The summed E-state index contributed by atoms with van der Waals surface area (Å²) < 4.78 is 84.7. The summed E-state index contributed by atoms with van der Waals surface area (Å²) in [6.07, 6.45) is -4.43. The molecule has 7 nitrogen and oxygen atoms in total. The topological polar surface area (TPSA) is 85.8 Å². The Labute approximate surface area is 187 Å². The molecule has 1 N–H and O–H groups in total. The number of nitrogens with one attached hydrogen (secondary N) is 1. The van der Waals surface area contributed by atoms with E-state index in [1.54, 1.807) is 12.1 Å². The van der Waals surface area contributed by atoms with E-state index in [0.717, 1.165) is 10.7 Å². The predicted octanol–water partition coefficient (Wildman–Crippen LogP) is 5.27. The molecule has 0 unspecified atom stereocenters. The second-order valence-corrected chi connectivity index (χ2v) is 7.06. The molecule has 4 rings (SSSR count). The van der Waals surface area contributed by atoms with Crippen molar-refractivity contribution < 1.29 is 35.7 Å². The molecule has 3 heterocycles. The molecule has 3 aromatic heterocycles. The Balaban J connectivity index is 1.49. The zero-order chi connectivity index (χ0) is 24.5. The third kappa shape index (κ3) is 5.08. The minimum atomic E-state index is -5.00. The number of carbonyl (C=O) groups excluding carboxylic acids is 1. The average molecular weight is 481 g/mol. The normalized spacial score (nSPS) is 12.1. The molecule has 0 saturated heterocycles. The molecule has 0 aliphatic heterocycles. The van der Waals surface area contributed by atoms with Gasteiger partial charge in [-0.15, -0.1) is 0 Å². The number of alkyl halides is 6. The first kappa shape index (κ1) is 23.0. The molecule has 0 aliphatic rings. The molecule has 0 aliphatic carbocycles. The molecule has 0 fully saturated rings. The minimum absolute atomic E-state index is 0.0540. The van der Waals surface area contributed by atoms with Crippen molar-refractivity contribution in [2.24, 2.45) is 0 Å². The van der Waals surface area contributed by atoms with Gasteiger partial charge in [-0.1, -0.05) is 11.2 Å². The van der Waals surface area contributed by atoms with Crippen molar-refractivity contribution >= 4 is 11.6 Å². The second kappa shape index (κ2) is 8.65. The third-order valence-corrected chi connectivity index (χ3v) is 4.67. The van der Waals surface area contributed by atoms with Crippen LogP contribution in [0.4, 0.5) is 32.0 Å². The van der Waals surface area contributed by atoms with Crippen molar-refractivity contribution in [3.63, 3.8) is 0 Å². The molecule has 0 spiro atoms. The number of aromatic nitrogens is 4. The van der Waals surface area contributed by atoms with Gasteiger partial charge >= 0.3 is 12.4 Å². The Bertz CT molecular complexity index is 1310. The van der Waals surface area contributed by atoms with Gasteiger partial charge in [-0.25, -0.2) is 0 Å². The molecule has 34 heavy (non-hydrogen) atoms. The lowest BCUT2D eigenvalue weighted by Crippen LogP contribution is -2.15. The highest BCUT2D eigenvalue weighted by Crippen LogP contribution is 2.37. The molecule has 1 aromatic carbocycles. The Hall–Kier alpha value is -4.16. The zero-order valence-corrected chi connectivity index (χ0v) is 16.9. The van der Waals surface area contributed by atoms with Crippen LogP contribution in [0.1, 0.15) is 27.2 Å². The quantitative estimate of drug-likeness (QED) is 0.393. The maximum atomic E-state index is 13.3. The van der Waals surface area contributed by atoms with E-state index in [0.29, 0.717) is 17.4 Å². The van der Waals surface area contributed by atoms with Crippen LogP contribution in [0, 0.1) is 0 Å². The molecule has 4 aromatic rings. The van der Waals surface area contributed by atoms with Gasteiger partial charge in [-0.2, -0.15) is 31.4 Å². The first-order chi connectivity index (χ1) is 16.0. The van der Waals surface area contributed by atoms with Gasteiger partial charge in [0.05, 0.1) is 29.6 Å². The number of pyridine rings is 1. The number of hydrogen-bond donors (Lipinski definition) is 1. The van der Waals surface area contributed by atoms with Crippen LogP contribution < -0.4 is 5.32 Å². The van der Waals surface area contributed by atoms with Crippen LogP contribution in [0.2, 0.25) is 0 Å². The lowest BCUT2D eigenvalue weighted by Gasteiger charge is -2.16. The monoisotopic (exact) mass is 481 g/mol. The molecule has 0 saturated carbocycles. The number of anilines is 1. The Morgan fingerprint density at radius 1 is 1.00 bits per heavy atom. The van der Waals surface area contributed by atoms with Gasteiger partial charge in [0.25, 0.3) is 5.91 Å². The summed E-state index contributed by atoms with van der Waals surface area (Å²) in [6, 6.07) is 6.09. The molecular weight excluding hydrogens is 468 g/mol. The first-order valence-corrected chi connectivity index (χ1v) is 9.49. The van der Waals surface area contributed by atoms with E-state index in [1.165, 1.54) is 30.9 Å². The van der Waals surface area contributed by atoms with Crippen LogP contribution in [0.5, 0.6) is 0 Å². The van der Waals surface area contributed by atoms with Crippen molar-refractivity contribution in [2.45, 2.75) is 18.9 Å². The van der Waals surface area contributed by atoms with E-state index < -0.39 is 41.5 Å². The lowest BCUT2D eigenvalue weighted by molar-refractivity contribution is -0.143. The van der Waals surface area contributed by atoms with Crippen molar-refractivity contribution in [2.75, 3.05) is 5.32 Å². The van der Waals surface area contributed by atoms with Crippen molar-refractivity contribution in [1.29, 1.82) is 0 Å². The zero-order valence-electron chi connectivity index (χ0n) is 16.9. The Morgan fingerprint density at radius 2 is 1.74 bits per heavy atom. The van der Waals surface area contributed by atoms with Gasteiger partial charge in [-0.3, -0.25) is 14.5 Å². The minimum Gasteiger partial charge on any atom is -0.355 e. The Morgan fingerprint density at radius 3 is 2.41 bits per heavy atom. The summed E-state index contributed by atoms with van der Waals surface area (Å²) in [5.74, 6) is -0.334. The molecule has 176 valence electrons. The largest absolute Gasteiger partial charge is 0.416 e. The molecule has 0 atom stereocenters. The smallest absolute Gasteiger partial charge is 0.355 e. The van der Waals surface area contributed by atoms with Crippen molar-refractivity contribution in [3.05, 3.63) is 83.6 Å². The van der Waals surface area contributed by atoms with Crippen LogP contribution in [-0.2, 0) is 18.9 Å². The van der Waals surface area contributed by atoms with E-state index in [2.05, 4.69) is 20.6 Å². The number of nitrogens with zero attached hydrogens (tertiary/aromatic N) is 4. The number of benzene rings is 1. The first-order valence-electron chi connectivity index (χ1n) is 9.49. The summed E-state index contributed by atoms with van der Waals surface area (Å²) in [4.78, 5) is 16.3. The maximum absolute atomic E-state index is 13.3. The fraction of sp³-hybridized carbons (Fsp3) is 0.143. The highest BCUT2D eigenvalue weighted by atomic mass is 19.4. The predicted molar refractivity (Wildman–Crippen MR) is 105 cm³/mol. The van der Waals surface area contributed by atoms with E-state index in [9.17, 15) is 31.1 Å². The molecule has 0 radical (unpaired) electrons. The number of carbonyl (C=O) groups is 1. The lowest BCUT2D eigenvalue weighted by atomic mass is 10.0. The van der Waals surface area contributed by atoms with Gasteiger partial charge in [0, 0.05) is 30.2 Å². The fourth-order valence-corrected chi connectivity index (χ4v) is 3.07. The Kier molecular flexibility index (Phi) is 5.85. The number of hydrogen-bond acceptors (Lipinski definition) is 5. The SMILES string of the molecule is O=C(Nc1cnn(Cc2ccc(C(F)(F)F)cc2C(F)(F)F)c1)c1cc(-c2ccncc2)on1. The van der Waals surface area contributed by atoms with Crippen LogP contribution in [0.3, 0.4) is 0 Å². The van der Waals surface area contributed by atoms with E-state index in [4.69, 9.17) is 4.52 Å². The summed E-state index contributed by atoms with van der Waals surface area (Å²) in [5.41, 5.74) is -2.52. The van der Waals surface area contributed by atoms with Gasteiger partial charge < -0.3 is 9.84 Å². The van der Waals surface area contributed by atoms with Crippen LogP contribution >= 0.6 is 0 Å². The number of amides is 1. The van der Waals surface area contributed by atoms with E-state index in [1.807, 2.05) is 0 Å². The summed E-state index contributed by atoms with van der Waals surface area (Å²) >= 11 is 0. The van der Waals surface area contributed by atoms with Gasteiger partial charge in [0.2, 0.25) is 0 Å². The maximum Gasteiger partial charge on any atom is 0.416 e. The van der Waals surface area contributed by atoms with E-state index in [-0.39, 0.29) is 17.4 Å². The van der Waals surface area contributed by atoms with Crippen LogP contribution in [-0.4, -0.2) is 25.8 Å². The number of rotatable bonds is 5. The van der Waals surface area contributed by atoms with Gasteiger partial charge in [0.15, 0.2) is 11.5 Å². The average Bonchev–Trinajstić information content (AvgIpc) is 3.43. The van der Waals surface area contributed by atoms with E-state index >= 15 is 0 Å².